The molecular weight excluding hydrogens is 384 g/mol. The van der Waals surface area contributed by atoms with Crippen molar-refractivity contribution in [2.24, 2.45) is 0 Å². The molecule has 0 saturated carbocycles. The van der Waals surface area contributed by atoms with Gasteiger partial charge in [0.1, 0.15) is 5.75 Å². The van der Waals surface area contributed by atoms with Gasteiger partial charge in [0.05, 0.1) is 27.2 Å². The van der Waals surface area contributed by atoms with Crippen molar-refractivity contribution in [3.63, 3.8) is 0 Å². The Hall–Kier alpha value is -3.22. The second kappa shape index (κ2) is 12.4. The van der Waals surface area contributed by atoms with Gasteiger partial charge in [-0.15, -0.1) is 0 Å². The Kier molecular flexibility index (Phi) is 9.51. The SMILES string of the molecule is CCCCCCOc1ccc(C(=O)NNC(=O)Cc2ccc(OC)c(OC)c2)cc1. The second-order valence-electron chi connectivity index (χ2n) is 6.80. The van der Waals surface area contributed by atoms with Gasteiger partial charge in [-0.25, -0.2) is 0 Å². The number of ether oxygens (including phenoxy) is 3. The van der Waals surface area contributed by atoms with E-state index in [1.165, 1.54) is 20.0 Å². The lowest BCUT2D eigenvalue weighted by Gasteiger charge is -2.11. The molecule has 30 heavy (non-hydrogen) atoms. The van der Waals surface area contributed by atoms with Crippen LogP contribution >= 0.6 is 0 Å². The highest BCUT2D eigenvalue weighted by Gasteiger charge is 2.10. The maximum atomic E-state index is 12.2. The number of hydrogen-bond acceptors (Lipinski definition) is 5. The minimum atomic E-state index is -0.398. The highest BCUT2D eigenvalue weighted by atomic mass is 16.5. The van der Waals surface area contributed by atoms with Gasteiger partial charge in [-0.1, -0.05) is 32.3 Å². The lowest BCUT2D eigenvalue weighted by molar-refractivity contribution is -0.121. The van der Waals surface area contributed by atoms with Crippen molar-refractivity contribution >= 4 is 11.8 Å². The predicted octanol–water partition coefficient (Wildman–Crippen LogP) is 3.67. The maximum absolute atomic E-state index is 12.2. The zero-order chi connectivity index (χ0) is 21.8. The Bertz CT molecular complexity index is 821. The van der Waals surface area contributed by atoms with E-state index in [0.717, 1.165) is 24.2 Å². The Labute approximate surface area is 177 Å². The van der Waals surface area contributed by atoms with E-state index in [0.29, 0.717) is 23.7 Å². The molecule has 0 atom stereocenters. The molecule has 2 aromatic rings. The summed E-state index contributed by atoms with van der Waals surface area (Å²) < 4.78 is 16.1. The zero-order valence-corrected chi connectivity index (χ0v) is 17.8. The van der Waals surface area contributed by atoms with Crippen LogP contribution in [0.1, 0.15) is 48.5 Å². The lowest BCUT2D eigenvalue weighted by atomic mass is 10.1. The molecule has 7 nitrogen and oxygen atoms in total. The van der Waals surface area contributed by atoms with Gasteiger partial charge in [-0.3, -0.25) is 20.4 Å². The summed E-state index contributed by atoms with van der Waals surface area (Å²) >= 11 is 0. The Balaban J connectivity index is 1.78. The Morgan fingerprint density at radius 2 is 1.60 bits per heavy atom. The van der Waals surface area contributed by atoms with Crippen molar-refractivity contribution in [3.05, 3.63) is 53.6 Å². The van der Waals surface area contributed by atoms with E-state index >= 15 is 0 Å². The van der Waals surface area contributed by atoms with E-state index in [1.807, 2.05) is 0 Å². The molecular formula is C23H30N2O5. The van der Waals surface area contributed by atoms with Gasteiger partial charge in [0.15, 0.2) is 11.5 Å². The standard InChI is InChI=1S/C23H30N2O5/c1-4-5-6-7-14-30-19-11-9-18(10-12-19)23(27)25-24-22(26)16-17-8-13-20(28-2)21(15-17)29-3/h8-13,15H,4-7,14,16H2,1-3H3,(H,24,26)(H,25,27). The molecule has 0 heterocycles. The highest BCUT2D eigenvalue weighted by Crippen LogP contribution is 2.27. The monoisotopic (exact) mass is 414 g/mol. The van der Waals surface area contributed by atoms with Crippen LogP contribution in [0, 0.1) is 0 Å². The molecule has 2 amide bonds. The minimum Gasteiger partial charge on any atom is -0.494 e. The van der Waals surface area contributed by atoms with E-state index in [9.17, 15) is 9.59 Å². The van der Waals surface area contributed by atoms with Gasteiger partial charge in [-0.05, 0) is 48.4 Å². The number of benzene rings is 2. The lowest BCUT2D eigenvalue weighted by Crippen LogP contribution is -2.42. The van der Waals surface area contributed by atoms with Crippen LogP contribution < -0.4 is 25.1 Å². The van der Waals surface area contributed by atoms with Gasteiger partial charge in [0, 0.05) is 5.56 Å². The number of hydrazine groups is 1. The number of carbonyl (C=O) groups is 2. The van der Waals surface area contributed by atoms with Crippen molar-refractivity contribution in [1.82, 2.24) is 10.9 Å². The number of methoxy groups -OCH3 is 2. The first kappa shape index (κ1) is 23.1. The van der Waals surface area contributed by atoms with Crippen LogP contribution in [0.5, 0.6) is 17.2 Å². The third kappa shape index (κ3) is 7.31. The largest absolute Gasteiger partial charge is 0.494 e. The van der Waals surface area contributed by atoms with Crippen molar-refractivity contribution in [3.8, 4) is 17.2 Å². The summed E-state index contributed by atoms with van der Waals surface area (Å²) in [4.78, 5) is 24.4. The second-order valence-corrected chi connectivity index (χ2v) is 6.80. The van der Waals surface area contributed by atoms with Crippen LogP contribution in [-0.4, -0.2) is 32.6 Å². The quantitative estimate of drug-likeness (QED) is 0.433. The topological polar surface area (TPSA) is 85.9 Å². The van der Waals surface area contributed by atoms with Crippen LogP contribution in [0.4, 0.5) is 0 Å². The molecule has 0 aliphatic carbocycles. The molecule has 2 N–H and O–H groups in total. The molecule has 0 aromatic heterocycles. The van der Waals surface area contributed by atoms with Gasteiger partial charge < -0.3 is 14.2 Å². The predicted molar refractivity (Wildman–Crippen MR) is 115 cm³/mol. The minimum absolute atomic E-state index is 0.0887. The van der Waals surface area contributed by atoms with Crippen LogP contribution in [0.25, 0.3) is 0 Å². The summed E-state index contributed by atoms with van der Waals surface area (Å²) in [6, 6.07) is 12.0. The first-order chi connectivity index (χ1) is 14.6. The first-order valence-electron chi connectivity index (χ1n) is 10.1. The van der Waals surface area contributed by atoms with Crippen molar-refractivity contribution in [1.29, 1.82) is 0 Å². The van der Waals surface area contributed by atoms with E-state index in [4.69, 9.17) is 14.2 Å². The van der Waals surface area contributed by atoms with Gasteiger partial charge in [0.25, 0.3) is 5.91 Å². The highest BCUT2D eigenvalue weighted by molar-refractivity contribution is 5.95. The molecule has 0 fully saturated rings. The van der Waals surface area contributed by atoms with Crippen LogP contribution in [0.15, 0.2) is 42.5 Å². The number of hydrogen-bond donors (Lipinski definition) is 2. The summed E-state index contributed by atoms with van der Waals surface area (Å²) in [5, 5.41) is 0. The number of amides is 2. The number of unbranched alkanes of at least 4 members (excludes halogenated alkanes) is 3. The molecule has 2 rings (SSSR count). The van der Waals surface area contributed by atoms with Crippen LogP contribution in [0.2, 0.25) is 0 Å². The fraction of sp³-hybridized carbons (Fsp3) is 0.391. The molecule has 0 aliphatic rings. The number of rotatable bonds is 11. The van der Waals surface area contributed by atoms with Crippen LogP contribution in [0.3, 0.4) is 0 Å². The molecule has 162 valence electrons. The van der Waals surface area contributed by atoms with Gasteiger partial charge in [0.2, 0.25) is 5.91 Å². The summed E-state index contributed by atoms with van der Waals surface area (Å²) in [5.74, 6) is 1.11. The third-order valence-electron chi connectivity index (χ3n) is 4.51. The van der Waals surface area contributed by atoms with Crippen molar-refractivity contribution < 1.29 is 23.8 Å². The van der Waals surface area contributed by atoms with E-state index in [-0.39, 0.29) is 12.3 Å². The Morgan fingerprint density at radius 1 is 0.867 bits per heavy atom. The molecule has 0 bridgehead atoms. The van der Waals surface area contributed by atoms with E-state index in [1.54, 1.807) is 49.6 Å². The van der Waals surface area contributed by atoms with Gasteiger partial charge in [-0.2, -0.15) is 0 Å². The smallest absolute Gasteiger partial charge is 0.269 e. The first-order valence-corrected chi connectivity index (χ1v) is 10.1. The zero-order valence-electron chi connectivity index (χ0n) is 17.8. The third-order valence-corrected chi connectivity index (χ3v) is 4.51. The molecule has 0 saturated heterocycles. The summed E-state index contributed by atoms with van der Waals surface area (Å²) in [5.41, 5.74) is 6.01. The average molecular weight is 415 g/mol. The van der Waals surface area contributed by atoms with Crippen molar-refractivity contribution in [2.75, 3.05) is 20.8 Å². The number of nitrogens with one attached hydrogen (secondary N) is 2. The van der Waals surface area contributed by atoms with E-state index in [2.05, 4.69) is 17.8 Å². The molecule has 0 spiro atoms. The normalized spacial score (nSPS) is 10.2. The van der Waals surface area contributed by atoms with Gasteiger partial charge >= 0.3 is 0 Å². The molecule has 7 heteroatoms. The van der Waals surface area contributed by atoms with E-state index < -0.39 is 5.91 Å². The van der Waals surface area contributed by atoms with Crippen LogP contribution in [-0.2, 0) is 11.2 Å². The summed E-state index contributed by atoms with van der Waals surface area (Å²) in [7, 11) is 3.08. The maximum Gasteiger partial charge on any atom is 0.269 e. The Morgan fingerprint density at radius 3 is 2.27 bits per heavy atom. The fourth-order valence-electron chi connectivity index (χ4n) is 2.84. The molecule has 0 unspecified atom stereocenters. The fourth-order valence-corrected chi connectivity index (χ4v) is 2.84. The summed E-state index contributed by atoms with van der Waals surface area (Å²) in [6.07, 6.45) is 4.66. The molecule has 2 aromatic carbocycles. The molecule has 0 radical (unpaired) electrons. The number of carbonyl (C=O) groups excluding carboxylic acids is 2. The average Bonchev–Trinajstić information content (AvgIpc) is 2.77. The van der Waals surface area contributed by atoms with Crippen molar-refractivity contribution in [2.45, 2.75) is 39.0 Å². The summed E-state index contributed by atoms with van der Waals surface area (Å²) in [6.45, 7) is 2.83. The molecule has 0 aliphatic heterocycles.